The molecule has 0 amide bonds. The molecular formula is C17H29N3S. The molecule has 0 saturated carbocycles. The van der Waals surface area contributed by atoms with Gasteiger partial charge in [-0.25, -0.2) is 0 Å². The first kappa shape index (κ1) is 15.5. The molecule has 0 aromatic carbocycles. The van der Waals surface area contributed by atoms with Gasteiger partial charge in [-0.1, -0.05) is 12.5 Å². The number of thiophene rings is 1. The molecule has 1 aromatic heterocycles. The molecule has 3 rings (SSSR count). The molecule has 3 nitrogen and oxygen atoms in total. The van der Waals surface area contributed by atoms with E-state index in [-0.39, 0.29) is 5.54 Å². The average molecular weight is 308 g/mol. The van der Waals surface area contributed by atoms with Gasteiger partial charge in [0.05, 0.1) is 0 Å². The lowest BCUT2D eigenvalue weighted by atomic mass is 9.83. The summed E-state index contributed by atoms with van der Waals surface area (Å²) in [5.74, 6) is 0. The SMILES string of the molecule is CC(Cc1cccs1)N(C)C1(CN)CCN2CCCCC21. The summed E-state index contributed by atoms with van der Waals surface area (Å²) in [6.07, 6.45) is 6.44. The van der Waals surface area contributed by atoms with Gasteiger partial charge in [0.15, 0.2) is 0 Å². The van der Waals surface area contributed by atoms with Crippen molar-refractivity contribution in [3.63, 3.8) is 0 Å². The first-order valence-electron chi connectivity index (χ1n) is 8.37. The molecule has 3 heterocycles. The maximum Gasteiger partial charge on any atom is 0.0498 e. The molecule has 3 atom stereocenters. The molecule has 0 aliphatic carbocycles. The van der Waals surface area contributed by atoms with Gasteiger partial charge in [0.1, 0.15) is 0 Å². The predicted molar refractivity (Wildman–Crippen MR) is 90.9 cm³/mol. The zero-order chi connectivity index (χ0) is 14.9. The van der Waals surface area contributed by atoms with Crippen LogP contribution in [0.3, 0.4) is 0 Å². The van der Waals surface area contributed by atoms with Crippen molar-refractivity contribution >= 4 is 11.3 Å². The van der Waals surface area contributed by atoms with Crippen LogP contribution in [0.25, 0.3) is 0 Å². The smallest absolute Gasteiger partial charge is 0.0498 e. The molecule has 118 valence electrons. The molecular weight excluding hydrogens is 278 g/mol. The third-order valence-corrected chi connectivity index (χ3v) is 6.76. The van der Waals surface area contributed by atoms with Crippen molar-refractivity contribution in [1.29, 1.82) is 0 Å². The molecule has 3 unspecified atom stereocenters. The Morgan fingerprint density at radius 1 is 1.48 bits per heavy atom. The van der Waals surface area contributed by atoms with Crippen molar-refractivity contribution < 1.29 is 0 Å². The summed E-state index contributed by atoms with van der Waals surface area (Å²) in [6, 6.07) is 5.64. The molecule has 2 fully saturated rings. The van der Waals surface area contributed by atoms with Gasteiger partial charge in [0, 0.05) is 35.6 Å². The Bertz CT molecular complexity index is 447. The summed E-state index contributed by atoms with van der Waals surface area (Å²) >= 11 is 1.87. The van der Waals surface area contributed by atoms with Crippen molar-refractivity contribution in [2.45, 2.75) is 56.7 Å². The van der Waals surface area contributed by atoms with Crippen molar-refractivity contribution in [3.8, 4) is 0 Å². The predicted octanol–water partition coefficient (Wildman–Crippen LogP) is 2.57. The van der Waals surface area contributed by atoms with E-state index in [0.29, 0.717) is 12.1 Å². The summed E-state index contributed by atoms with van der Waals surface area (Å²) < 4.78 is 0. The number of nitrogens with zero attached hydrogens (tertiary/aromatic N) is 2. The van der Waals surface area contributed by atoms with Crippen LogP contribution in [-0.4, -0.2) is 54.1 Å². The van der Waals surface area contributed by atoms with Gasteiger partial charge in [-0.3, -0.25) is 9.80 Å². The Morgan fingerprint density at radius 3 is 3.05 bits per heavy atom. The third-order valence-electron chi connectivity index (χ3n) is 5.86. The standard InChI is InChI=1S/C17H29N3S/c1-14(12-15-6-5-11-21-15)19(2)17(13-18)8-10-20-9-4-3-7-16(17)20/h5-6,11,14,16H,3-4,7-10,12-13,18H2,1-2H3. The Balaban J connectivity index is 1.75. The number of hydrogen-bond donors (Lipinski definition) is 1. The van der Waals surface area contributed by atoms with Gasteiger partial charge >= 0.3 is 0 Å². The largest absolute Gasteiger partial charge is 0.329 e. The molecule has 2 aliphatic rings. The quantitative estimate of drug-likeness (QED) is 0.907. The average Bonchev–Trinajstić information content (AvgIpc) is 3.14. The molecule has 1 aromatic rings. The minimum absolute atomic E-state index is 0.192. The normalized spacial score (nSPS) is 31.5. The van der Waals surface area contributed by atoms with E-state index in [1.54, 1.807) is 0 Å². The molecule has 2 aliphatic heterocycles. The number of piperidine rings is 1. The monoisotopic (exact) mass is 307 g/mol. The number of rotatable bonds is 5. The van der Waals surface area contributed by atoms with Gasteiger partial charge < -0.3 is 5.73 Å². The van der Waals surface area contributed by atoms with Crippen LogP contribution in [0.2, 0.25) is 0 Å². The summed E-state index contributed by atoms with van der Waals surface area (Å²) in [4.78, 5) is 6.80. The number of fused-ring (bicyclic) bond motifs is 1. The second-order valence-electron chi connectivity index (χ2n) is 6.85. The number of hydrogen-bond acceptors (Lipinski definition) is 4. The topological polar surface area (TPSA) is 32.5 Å². The zero-order valence-electron chi connectivity index (χ0n) is 13.4. The van der Waals surface area contributed by atoms with E-state index in [9.17, 15) is 0 Å². The highest BCUT2D eigenvalue weighted by Crippen LogP contribution is 2.39. The lowest BCUT2D eigenvalue weighted by Gasteiger charge is -2.48. The van der Waals surface area contributed by atoms with Crippen LogP contribution in [-0.2, 0) is 6.42 Å². The summed E-state index contributed by atoms with van der Waals surface area (Å²) in [7, 11) is 2.31. The molecule has 0 spiro atoms. The van der Waals surface area contributed by atoms with Crippen molar-refractivity contribution in [2.75, 3.05) is 26.7 Å². The maximum atomic E-state index is 6.32. The van der Waals surface area contributed by atoms with E-state index in [2.05, 4.69) is 41.3 Å². The Kier molecular flexibility index (Phi) is 4.69. The van der Waals surface area contributed by atoms with Gasteiger partial charge in [-0.15, -0.1) is 11.3 Å². The zero-order valence-corrected chi connectivity index (χ0v) is 14.2. The fraction of sp³-hybridized carbons (Fsp3) is 0.765. The van der Waals surface area contributed by atoms with Crippen LogP contribution >= 0.6 is 11.3 Å². The van der Waals surface area contributed by atoms with E-state index < -0.39 is 0 Å². The molecule has 0 radical (unpaired) electrons. The summed E-state index contributed by atoms with van der Waals surface area (Å²) in [5, 5.41) is 2.18. The van der Waals surface area contributed by atoms with Crippen LogP contribution in [0.4, 0.5) is 0 Å². The maximum absolute atomic E-state index is 6.32. The second kappa shape index (κ2) is 6.37. The lowest BCUT2D eigenvalue weighted by Crippen LogP contribution is -2.62. The van der Waals surface area contributed by atoms with Crippen molar-refractivity contribution in [1.82, 2.24) is 9.80 Å². The summed E-state index contributed by atoms with van der Waals surface area (Å²) in [6.45, 7) is 5.67. The van der Waals surface area contributed by atoms with Gasteiger partial charge in [-0.2, -0.15) is 0 Å². The van der Waals surface area contributed by atoms with Crippen LogP contribution in [0.5, 0.6) is 0 Å². The van der Waals surface area contributed by atoms with E-state index in [0.717, 1.165) is 13.0 Å². The van der Waals surface area contributed by atoms with E-state index >= 15 is 0 Å². The lowest BCUT2D eigenvalue weighted by molar-refractivity contribution is 0.0319. The highest BCUT2D eigenvalue weighted by molar-refractivity contribution is 7.09. The first-order valence-corrected chi connectivity index (χ1v) is 9.25. The molecule has 2 saturated heterocycles. The Morgan fingerprint density at radius 2 is 2.33 bits per heavy atom. The van der Waals surface area contributed by atoms with Gasteiger partial charge in [0.2, 0.25) is 0 Å². The van der Waals surface area contributed by atoms with Crippen LogP contribution in [0.1, 0.15) is 37.5 Å². The fourth-order valence-electron chi connectivity index (χ4n) is 4.46. The number of nitrogens with two attached hydrogens (primary N) is 1. The molecule has 2 N–H and O–H groups in total. The molecule has 4 heteroatoms. The summed E-state index contributed by atoms with van der Waals surface area (Å²) in [5.41, 5.74) is 6.51. The van der Waals surface area contributed by atoms with Gasteiger partial charge in [-0.05, 0) is 57.6 Å². The first-order chi connectivity index (χ1) is 10.2. The van der Waals surface area contributed by atoms with Gasteiger partial charge in [0.25, 0.3) is 0 Å². The van der Waals surface area contributed by atoms with E-state index in [1.807, 2.05) is 11.3 Å². The molecule has 0 bridgehead atoms. The second-order valence-corrected chi connectivity index (χ2v) is 7.88. The fourth-order valence-corrected chi connectivity index (χ4v) is 5.29. The minimum Gasteiger partial charge on any atom is -0.329 e. The Hall–Kier alpha value is -0.420. The van der Waals surface area contributed by atoms with Crippen molar-refractivity contribution in [2.24, 2.45) is 5.73 Å². The minimum atomic E-state index is 0.192. The van der Waals surface area contributed by atoms with Crippen LogP contribution < -0.4 is 5.73 Å². The van der Waals surface area contributed by atoms with E-state index in [1.165, 1.54) is 43.6 Å². The Labute approximate surface area is 133 Å². The highest BCUT2D eigenvalue weighted by atomic mass is 32.1. The highest BCUT2D eigenvalue weighted by Gasteiger charge is 2.50. The van der Waals surface area contributed by atoms with Crippen LogP contribution in [0, 0.1) is 0 Å². The van der Waals surface area contributed by atoms with Crippen molar-refractivity contribution in [3.05, 3.63) is 22.4 Å². The van der Waals surface area contributed by atoms with Crippen LogP contribution in [0.15, 0.2) is 17.5 Å². The third kappa shape index (κ3) is 2.79. The molecule has 21 heavy (non-hydrogen) atoms. The number of likely N-dealkylation sites (N-methyl/N-ethyl adjacent to an activating group) is 1. The van der Waals surface area contributed by atoms with E-state index in [4.69, 9.17) is 5.73 Å².